The van der Waals surface area contributed by atoms with E-state index in [2.05, 4.69) is 5.32 Å². The molecule has 1 aromatic rings. The van der Waals surface area contributed by atoms with Crippen LogP contribution in [0.5, 0.6) is 0 Å². The number of fused-ring (bicyclic) bond motifs is 1. The van der Waals surface area contributed by atoms with E-state index in [0.717, 1.165) is 38.5 Å². The van der Waals surface area contributed by atoms with Crippen molar-refractivity contribution in [3.8, 4) is 0 Å². The van der Waals surface area contributed by atoms with Gasteiger partial charge in [-0.3, -0.25) is 19.3 Å². The van der Waals surface area contributed by atoms with Gasteiger partial charge in [0.25, 0.3) is 17.7 Å². The Hall–Kier alpha value is -2.70. The van der Waals surface area contributed by atoms with E-state index >= 15 is 0 Å². The summed E-state index contributed by atoms with van der Waals surface area (Å²) in [7, 11) is 0. The molecule has 1 saturated carbocycles. The Kier molecular flexibility index (Phi) is 5.88. The third-order valence-corrected chi connectivity index (χ3v) is 5.00. The van der Waals surface area contributed by atoms with Gasteiger partial charge in [-0.05, 0) is 37.5 Å². The SMILES string of the molecule is CCCNC(=O)COC(=O)c1ccc2c(c1)C(=O)N(C1CCCCC1)C2=O. The van der Waals surface area contributed by atoms with Gasteiger partial charge < -0.3 is 10.1 Å². The van der Waals surface area contributed by atoms with Gasteiger partial charge in [0.1, 0.15) is 0 Å². The van der Waals surface area contributed by atoms with Crippen LogP contribution in [0.15, 0.2) is 18.2 Å². The third-order valence-electron chi connectivity index (χ3n) is 5.00. The van der Waals surface area contributed by atoms with Crippen LogP contribution in [0.3, 0.4) is 0 Å². The molecule has 1 heterocycles. The summed E-state index contributed by atoms with van der Waals surface area (Å²) >= 11 is 0. The van der Waals surface area contributed by atoms with Crippen molar-refractivity contribution in [2.75, 3.05) is 13.2 Å². The number of carbonyl (C=O) groups is 4. The summed E-state index contributed by atoms with van der Waals surface area (Å²) in [5, 5.41) is 2.61. The molecular formula is C20H24N2O5. The predicted octanol–water partition coefficient (Wildman–Crippen LogP) is 2.30. The van der Waals surface area contributed by atoms with E-state index in [4.69, 9.17) is 4.74 Å². The van der Waals surface area contributed by atoms with Gasteiger partial charge in [0, 0.05) is 12.6 Å². The van der Waals surface area contributed by atoms with Crippen LogP contribution in [-0.2, 0) is 9.53 Å². The highest BCUT2D eigenvalue weighted by Gasteiger charge is 2.40. The summed E-state index contributed by atoms with van der Waals surface area (Å²) in [5.41, 5.74) is 0.710. The molecule has 0 atom stereocenters. The van der Waals surface area contributed by atoms with Crippen molar-refractivity contribution < 1.29 is 23.9 Å². The molecule has 7 nitrogen and oxygen atoms in total. The molecule has 0 bridgehead atoms. The molecule has 0 spiro atoms. The van der Waals surface area contributed by atoms with Gasteiger partial charge in [0.05, 0.1) is 16.7 Å². The van der Waals surface area contributed by atoms with Crippen molar-refractivity contribution in [2.24, 2.45) is 0 Å². The first-order chi connectivity index (χ1) is 13.0. The second-order valence-corrected chi connectivity index (χ2v) is 6.96. The van der Waals surface area contributed by atoms with E-state index in [1.807, 2.05) is 6.92 Å². The molecule has 0 radical (unpaired) electrons. The zero-order chi connectivity index (χ0) is 19.4. The Labute approximate surface area is 158 Å². The van der Waals surface area contributed by atoms with Crippen molar-refractivity contribution in [2.45, 2.75) is 51.5 Å². The van der Waals surface area contributed by atoms with Crippen LogP contribution in [0, 0.1) is 0 Å². The maximum Gasteiger partial charge on any atom is 0.338 e. The molecule has 0 aromatic heterocycles. The number of ether oxygens (including phenoxy) is 1. The van der Waals surface area contributed by atoms with Crippen LogP contribution in [0.4, 0.5) is 0 Å². The van der Waals surface area contributed by atoms with Crippen LogP contribution >= 0.6 is 0 Å². The van der Waals surface area contributed by atoms with Gasteiger partial charge in [-0.1, -0.05) is 26.2 Å². The average molecular weight is 372 g/mol. The van der Waals surface area contributed by atoms with Crippen LogP contribution in [-0.4, -0.2) is 47.8 Å². The molecule has 1 aliphatic carbocycles. The van der Waals surface area contributed by atoms with Crippen molar-refractivity contribution in [1.29, 1.82) is 0 Å². The van der Waals surface area contributed by atoms with Crippen molar-refractivity contribution in [1.82, 2.24) is 10.2 Å². The molecule has 3 amide bonds. The van der Waals surface area contributed by atoms with E-state index in [0.29, 0.717) is 12.1 Å². The number of esters is 1. The van der Waals surface area contributed by atoms with E-state index in [9.17, 15) is 19.2 Å². The summed E-state index contributed by atoms with van der Waals surface area (Å²) in [6.07, 6.45) is 5.59. The first-order valence-electron chi connectivity index (χ1n) is 9.48. The fourth-order valence-corrected chi connectivity index (χ4v) is 3.59. The smallest absolute Gasteiger partial charge is 0.338 e. The molecule has 0 unspecified atom stereocenters. The first kappa shape index (κ1) is 19.1. The van der Waals surface area contributed by atoms with E-state index < -0.39 is 5.97 Å². The maximum atomic E-state index is 12.8. The fourth-order valence-electron chi connectivity index (χ4n) is 3.59. The predicted molar refractivity (Wildman–Crippen MR) is 97.4 cm³/mol. The van der Waals surface area contributed by atoms with Crippen LogP contribution < -0.4 is 5.32 Å². The lowest BCUT2D eigenvalue weighted by Crippen LogP contribution is -2.40. The average Bonchev–Trinajstić information content (AvgIpc) is 2.95. The Morgan fingerprint density at radius 2 is 1.81 bits per heavy atom. The van der Waals surface area contributed by atoms with Crippen molar-refractivity contribution in [3.05, 3.63) is 34.9 Å². The molecular weight excluding hydrogens is 348 g/mol. The number of rotatable bonds is 6. The lowest BCUT2D eigenvalue weighted by Gasteiger charge is -2.29. The molecule has 1 aliphatic heterocycles. The highest BCUT2D eigenvalue weighted by molar-refractivity contribution is 6.22. The Morgan fingerprint density at radius 3 is 2.52 bits per heavy atom. The summed E-state index contributed by atoms with van der Waals surface area (Å²) in [6.45, 7) is 2.06. The number of nitrogens with zero attached hydrogens (tertiary/aromatic N) is 1. The molecule has 3 rings (SSSR count). The fraction of sp³-hybridized carbons (Fsp3) is 0.500. The minimum absolute atomic E-state index is 0.0659. The number of amides is 3. The number of nitrogens with one attached hydrogen (secondary N) is 1. The van der Waals surface area contributed by atoms with Crippen LogP contribution in [0.2, 0.25) is 0 Å². The van der Waals surface area contributed by atoms with Gasteiger partial charge >= 0.3 is 5.97 Å². The highest BCUT2D eigenvalue weighted by atomic mass is 16.5. The maximum absolute atomic E-state index is 12.8. The Balaban J connectivity index is 1.70. The Morgan fingerprint density at radius 1 is 1.11 bits per heavy atom. The standard InChI is InChI=1S/C20H24N2O5/c1-2-10-21-17(23)12-27-20(26)13-8-9-15-16(11-13)19(25)22(18(15)24)14-6-4-3-5-7-14/h8-9,11,14H,2-7,10,12H2,1H3,(H,21,23). The van der Waals surface area contributed by atoms with Gasteiger partial charge in [-0.15, -0.1) is 0 Å². The molecule has 1 N–H and O–H groups in total. The largest absolute Gasteiger partial charge is 0.452 e. The monoisotopic (exact) mass is 372 g/mol. The zero-order valence-corrected chi connectivity index (χ0v) is 15.5. The molecule has 0 saturated heterocycles. The summed E-state index contributed by atoms with van der Waals surface area (Å²) in [4.78, 5) is 50.5. The lowest BCUT2D eigenvalue weighted by molar-refractivity contribution is -0.124. The number of hydrogen-bond acceptors (Lipinski definition) is 5. The minimum atomic E-state index is -0.694. The molecule has 1 fully saturated rings. The van der Waals surface area contributed by atoms with Crippen LogP contribution in [0.1, 0.15) is 76.5 Å². The zero-order valence-electron chi connectivity index (χ0n) is 15.5. The minimum Gasteiger partial charge on any atom is -0.452 e. The second kappa shape index (κ2) is 8.33. The van der Waals surface area contributed by atoms with Gasteiger partial charge in [0.2, 0.25) is 0 Å². The summed E-state index contributed by atoms with van der Waals surface area (Å²) in [6, 6.07) is 4.28. The Bertz CT molecular complexity index is 768. The molecule has 1 aromatic carbocycles. The normalized spacial score (nSPS) is 17.0. The molecule has 2 aliphatic rings. The topological polar surface area (TPSA) is 92.8 Å². The molecule has 27 heavy (non-hydrogen) atoms. The van der Waals surface area contributed by atoms with Gasteiger partial charge in [-0.2, -0.15) is 0 Å². The van der Waals surface area contributed by atoms with Crippen molar-refractivity contribution in [3.63, 3.8) is 0 Å². The van der Waals surface area contributed by atoms with Crippen molar-refractivity contribution >= 4 is 23.7 Å². The first-order valence-corrected chi connectivity index (χ1v) is 9.48. The third kappa shape index (κ3) is 4.02. The summed E-state index contributed by atoms with van der Waals surface area (Å²) in [5.74, 6) is -1.71. The summed E-state index contributed by atoms with van der Waals surface area (Å²) < 4.78 is 4.99. The molecule has 144 valence electrons. The number of imide groups is 1. The number of benzene rings is 1. The number of hydrogen-bond donors (Lipinski definition) is 1. The van der Waals surface area contributed by atoms with E-state index in [1.54, 1.807) is 0 Å². The van der Waals surface area contributed by atoms with Crippen LogP contribution in [0.25, 0.3) is 0 Å². The van der Waals surface area contributed by atoms with E-state index in [1.165, 1.54) is 23.1 Å². The number of carbonyl (C=O) groups excluding carboxylic acids is 4. The quantitative estimate of drug-likeness (QED) is 0.611. The van der Waals surface area contributed by atoms with Gasteiger partial charge in [-0.25, -0.2) is 4.79 Å². The highest BCUT2D eigenvalue weighted by Crippen LogP contribution is 2.31. The van der Waals surface area contributed by atoms with E-state index in [-0.39, 0.29) is 41.5 Å². The van der Waals surface area contributed by atoms with Gasteiger partial charge in [0.15, 0.2) is 6.61 Å². The second-order valence-electron chi connectivity index (χ2n) is 6.96. The lowest BCUT2D eigenvalue weighted by atomic mass is 9.94. The molecule has 7 heteroatoms.